The highest BCUT2D eigenvalue weighted by Crippen LogP contribution is 2.25. The van der Waals surface area contributed by atoms with Gasteiger partial charge >= 0.3 is 0 Å². The van der Waals surface area contributed by atoms with Gasteiger partial charge in [0.15, 0.2) is 9.84 Å². The maximum absolute atomic E-state index is 11.5. The Morgan fingerprint density at radius 2 is 1.76 bits per heavy atom. The van der Waals surface area contributed by atoms with Crippen LogP contribution in [0, 0.1) is 13.8 Å². The van der Waals surface area contributed by atoms with Gasteiger partial charge < -0.3 is 10.1 Å². The summed E-state index contributed by atoms with van der Waals surface area (Å²) < 4.78 is 28.6. The van der Waals surface area contributed by atoms with Gasteiger partial charge in [0.1, 0.15) is 12.4 Å². The normalized spacial score (nSPS) is 11.9. The minimum Gasteiger partial charge on any atom is -0.492 e. The molecule has 0 radical (unpaired) electrons. The van der Waals surface area contributed by atoms with Crippen molar-refractivity contribution >= 4 is 9.84 Å². The molecule has 0 fully saturated rings. The highest BCUT2D eigenvalue weighted by molar-refractivity contribution is 7.91. The number of nitrogens with one attached hydrogen (secondary N) is 1. The molecule has 0 aliphatic heterocycles. The molecule has 0 bridgehead atoms. The van der Waals surface area contributed by atoms with Gasteiger partial charge in [-0.25, -0.2) is 8.42 Å². The van der Waals surface area contributed by atoms with E-state index in [-0.39, 0.29) is 18.1 Å². The molecule has 1 aromatic rings. The Morgan fingerprint density at radius 3 is 2.24 bits per heavy atom. The van der Waals surface area contributed by atoms with Crippen molar-refractivity contribution in [3.05, 3.63) is 28.8 Å². The van der Waals surface area contributed by atoms with E-state index in [4.69, 9.17) is 4.74 Å². The van der Waals surface area contributed by atoms with E-state index in [2.05, 4.69) is 31.3 Å². The Bertz CT molecular complexity index is 542. The molecule has 120 valence electrons. The summed E-state index contributed by atoms with van der Waals surface area (Å²) in [5.41, 5.74) is 3.31. The van der Waals surface area contributed by atoms with Crippen LogP contribution in [0.3, 0.4) is 0 Å². The molecular formula is C16H27NO3S. The molecule has 0 aliphatic rings. The predicted molar refractivity (Wildman–Crippen MR) is 87.7 cm³/mol. The van der Waals surface area contributed by atoms with Crippen molar-refractivity contribution in [2.75, 3.05) is 18.1 Å². The van der Waals surface area contributed by atoms with E-state index >= 15 is 0 Å². The van der Waals surface area contributed by atoms with Gasteiger partial charge in [0, 0.05) is 18.3 Å². The molecule has 0 spiro atoms. The Labute approximate surface area is 128 Å². The lowest BCUT2D eigenvalue weighted by atomic mass is 10.1. The fourth-order valence-corrected chi connectivity index (χ4v) is 2.73. The van der Waals surface area contributed by atoms with Crippen LogP contribution < -0.4 is 10.1 Å². The molecule has 0 saturated heterocycles. The van der Waals surface area contributed by atoms with Gasteiger partial charge in [0.05, 0.1) is 5.75 Å². The monoisotopic (exact) mass is 313 g/mol. The van der Waals surface area contributed by atoms with Crippen molar-refractivity contribution < 1.29 is 13.2 Å². The summed E-state index contributed by atoms with van der Waals surface area (Å²) in [5.74, 6) is 1.03. The van der Waals surface area contributed by atoms with E-state index in [1.165, 1.54) is 5.56 Å². The van der Waals surface area contributed by atoms with Gasteiger partial charge in [0.25, 0.3) is 0 Å². The van der Waals surface area contributed by atoms with Crippen molar-refractivity contribution in [2.45, 2.75) is 47.2 Å². The van der Waals surface area contributed by atoms with Gasteiger partial charge in [0.2, 0.25) is 0 Å². The molecule has 0 amide bonds. The second-order valence-corrected chi connectivity index (χ2v) is 8.15. The summed E-state index contributed by atoms with van der Waals surface area (Å²) >= 11 is 0. The molecule has 1 N–H and O–H groups in total. The molecule has 0 aromatic heterocycles. The molecule has 1 aromatic carbocycles. The topological polar surface area (TPSA) is 55.4 Å². The third-order valence-corrected chi connectivity index (χ3v) is 4.98. The van der Waals surface area contributed by atoms with Gasteiger partial charge in [-0.15, -0.1) is 0 Å². The number of ether oxygens (including phenoxy) is 1. The summed E-state index contributed by atoms with van der Waals surface area (Å²) in [7, 11) is -2.98. The molecule has 0 atom stereocenters. The van der Waals surface area contributed by atoms with Gasteiger partial charge in [-0.2, -0.15) is 0 Å². The fourth-order valence-electron chi connectivity index (χ4n) is 2.11. The standard InChI is InChI=1S/C16H27NO3S/c1-6-21(18,19)8-7-20-16-13(4)9-15(10-14(16)5)11-17-12(2)3/h9-10,12,17H,6-8,11H2,1-5H3. The zero-order valence-electron chi connectivity index (χ0n) is 13.7. The summed E-state index contributed by atoms with van der Waals surface area (Å²) in [6.07, 6.45) is 0. The van der Waals surface area contributed by atoms with E-state index in [0.717, 1.165) is 23.4 Å². The SMILES string of the molecule is CCS(=O)(=O)CCOc1c(C)cc(CNC(C)C)cc1C. The maximum Gasteiger partial charge on any atom is 0.153 e. The first-order valence-electron chi connectivity index (χ1n) is 7.42. The number of hydrogen-bond donors (Lipinski definition) is 1. The largest absolute Gasteiger partial charge is 0.492 e. The van der Waals surface area contributed by atoms with Crippen LogP contribution in [-0.2, 0) is 16.4 Å². The van der Waals surface area contributed by atoms with E-state index in [9.17, 15) is 8.42 Å². The lowest BCUT2D eigenvalue weighted by Gasteiger charge is -2.15. The van der Waals surface area contributed by atoms with E-state index in [1.807, 2.05) is 13.8 Å². The van der Waals surface area contributed by atoms with E-state index in [1.54, 1.807) is 6.92 Å². The number of benzene rings is 1. The summed E-state index contributed by atoms with van der Waals surface area (Å²) in [6, 6.07) is 4.62. The third-order valence-electron chi connectivity index (χ3n) is 3.32. The molecular weight excluding hydrogens is 286 g/mol. The molecule has 4 nitrogen and oxygen atoms in total. The zero-order valence-corrected chi connectivity index (χ0v) is 14.5. The van der Waals surface area contributed by atoms with Gasteiger partial charge in [-0.3, -0.25) is 0 Å². The van der Waals surface area contributed by atoms with Crippen LogP contribution in [-0.4, -0.2) is 32.6 Å². The smallest absolute Gasteiger partial charge is 0.153 e. The second-order valence-electron chi connectivity index (χ2n) is 5.68. The first-order chi connectivity index (χ1) is 9.75. The number of aryl methyl sites for hydroxylation is 2. The quantitative estimate of drug-likeness (QED) is 0.801. The minimum absolute atomic E-state index is 0.0685. The Morgan fingerprint density at radius 1 is 1.19 bits per heavy atom. The van der Waals surface area contributed by atoms with Crippen LogP contribution in [0.1, 0.15) is 37.5 Å². The summed E-state index contributed by atoms with van der Waals surface area (Å²) in [4.78, 5) is 0. The number of rotatable bonds is 8. The van der Waals surface area contributed by atoms with Crippen molar-refractivity contribution in [3.8, 4) is 5.75 Å². The number of sulfone groups is 1. The van der Waals surface area contributed by atoms with Gasteiger partial charge in [-0.05, 0) is 30.5 Å². The molecule has 0 saturated carbocycles. The van der Waals surface area contributed by atoms with Crippen molar-refractivity contribution in [1.82, 2.24) is 5.32 Å². The average molecular weight is 313 g/mol. The summed E-state index contributed by atoms with van der Waals surface area (Å²) in [6.45, 7) is 10.9. The first kappa shape index (κ1) is 18.0. The van der Waals surface area contributed by atoms with Crippen molar-refractivity contribution in [2.24, 2.45) is 0 Å². The fraction of sp³-hybridized carbons (Fsp3) is 0.625. The van der Waals surface area contributed by atoms with Crippen LogP contribution in [0.2, 0.25) is 0 Å². The van der Waals surface area contributed by atoms with Crippen LogP contribution in [0.25, 0.3) is 0 Å². The molecule has 1 rings (SSSR count). The Balaban J connectivity index is 2.71. The maximum atomic E-state index is 11.5. The van der Waals surface area contributed by atoms with Crippen LogP contribution in [0.15, 0.2) is 12.1 Å². The molecule has 5 heteroatoms. The first-order valence-corrected chi connectivity index (χ1v) is 9.24. The molecule has 0 aliphatic carbocycles. The Kier molecular flexibility index (Phi) is 6.68. The Hall–Kier alpha value is -1.07. The minimum atomic E-state index is -2.98. The predicted octanol–water partition coefficient (Wildman–Crippen LogP) is 2.61. The molecule has 21 heavy (non-hydrogen) atoms. The third kappa shape index (κ3) is 6.06. The van der Waals surface area contributed by atoms with E-state index in [0.29, 0.717) is 6.04 Å². The lowest BCUT2D eigenvalue weighted by Crippen LogP contribution is -2.22. The van der Waals surface area contributed by atoms with Crippen LogP contribution in [0.4, 0.5) is 0 Å². The zero-order chi connectivity index (χ0) is 16.0. The van der Waals surface area contributed by atoms with Gasteiger partial charge in [-0.1, -0.05) is 32.9 Å². The highest BCUT2D eigenvalue weighted by Gasteiger charge is 2.10. The average Bonchev–Trinajstić information content (AvgIpc) is 2.39. The number of hydrogen-bond acceptors (Lipinski definition) is 4. The lowest BCUT2D eigenvalue weighted by molar-refractivity contribution is 0.336. The second kappa shape index (κ2) is 7.80. The van der Waals surface area contributed by atoms with Crippen LogP contribution in [0.5, 0.6) is 5.75 Å². The molecule has 0 unspecified atom stereocenters. The van der Waals surface area contributed by atoms with Crippen LogP contribution >= 0.6 is 0 Å². The van der Waals surface area contributed by atoms with Crippen molar-refractivity contribution in [1.29, 1.82) is 0 Å². The highest BCUT2D eigenvalue weighted by atomic mass is 32.2. The van der Waals surface area contributed by atoms with Crippen molar-refractivity contribution in [3.63, 3.8) is 0 Å². The molecule has 0 heterocycles. The summed E-state index contributed by atoms with van der Waals surface area (Å²) in [5, 5.41) is 3.39. The van der Waals surface area contributed by atoms with E-state index < -0.39 is 9.84 Å².